The molecule has 2 aromatic rings. The fourth-order valence-electron chi connectivity index (χ4n) is 2.74. The SMILES string of the molecule is CC(C)C(c1ccccc1Cl)N(C)C(=O)c1ccn(C)c(=O)c1. The summed E-state index contributed by atoms with van der Waals surface area (Å²) in [6.07, 6.45) is 1.60. The van der Waals surface area contributed by atoms with Gasteiger partial charge in [0, 0.05) is 36.9 Å². The number of hydrogen-bond donors (Lipinski definition) is 0. The number of aromatic nitrogens is 1. The molecule has 4 nitrogen and oxygen atoms in total. The van der Waals surface area contributed by atoms with Crippen molar-refractivity contribution in [1.29, 1.82) is 0 Å². The molecule has 23 heavy (non-hydrogen) atoms. The zero-order valence-electron chi connectivity index (χ0n) is 13.8. The number of amides is 1. The van der Waals surface area contributed by atoms with Crippen LogP contribution < -0.4 is 5.56 Å². The Morgan fingerprint density at radius 2 is 1.87 bits per heavy atom. The molecule has 0 aliphatic rings. The van der Waals surface area contributed by atoms with Gasteiger partial charge in [0.15, 0.2) is 0 Å². The summed E-state index contributed by atoms with van der Waals surface area (Å²) in [5.41, 5.74) is 1.08. The van der Waals surface area contributed by atoms with Gasteiger partial charge in [0.25, 0.3) is 11.5 Å². The molecule has 2 rings (SSSR count). The normalized spacial score (nSPS) is 12.3. The Morgan fingerprint density at radius 1 is 1.22 bits per heavy atom. The Bertz CT molecular complexity index is 768. The Balaban J connectivity index is 2.40. The quantitative estimate of drug-likeness (QED) is 0.859. The Kier molecular flexibility index (Phi) is 5.26. The highest BCUT2D eigenvalue weighted by molar-refractivity contribution is 6.31. The topological polar surface area (TPSA) is 42.3 Å². The lowest BCUT2D eigenvalue weighted by Crippen LogP contribution is -2.35. The van der Waals surface area contributed by atoms with Gasteiger partial charge < -0.3 is 9.47 Å². The molecule has 1 aromatic heterocycles. The van der Waals surface area contributed by atoms with Gasteiger partial charge in [-0.1, -0.05) is 43.6 Å². The molecule has 1 amide bonds. The molecule has 1 unspecified atom stereocenters. The minimum Gasteiger partial charge on any atom is -0.334 e. The van der Waals surface area contributed by atoms with E-state index in [-0.39, 0.29) is 23.4 Å². The molecule has 5 heteroatoms. The minimum atomic E-state index is -0.205. The second-order valence-corrected chi connectivity index (χ2v) is 6.40. The summed E-state index contributed by atoms with van der Waals surface area (Å²) in [7, 11) is 3.40. The van der Waals surface area contributed by atoms with E-state index in [0.717, 1.165) is 5.56 Å². The highest BCUT2D eigenvalue weighted by Crippen LogP contribution is 2.33. The number of carbonyl (C=O) groups excluding carboxylic acids is 1. The van der Waals surface area contributed by atoms with Gasteiger partial charge in [0.05, 0.1) is 6.04 Å². The summed E-state index contributed by atoms with van der Waals surface area (Å²) in [5.74, 6) is -0.0169. The molecule has 0 aliphatic carbocycles. The maximum atomic E-state index is 12.8. The zero-order valence-corrected chi connectivity index (χ0v) is 14.5. The van der Waals surface area contributed by atoms with Crippen LogP contribution in [0.25, 0.3) is 0 Å². The summed E-state index contributed by atoms with van der Waals surface area (Å²) in [5, 5.41) is 0.634. The number of rotatable bonds is 4. The van der Waals surface area contributed by atoms with Crippen LogP contribution in [0.5, 0.6) is 0 Å². The molecular weight excluding hydrogens is 312 g/mol. The van der Waals surface area contributed by atoms with Crippen LogP contribution >= 0.6 is 11.6 Å². The number of aryl methyl sites for hydroxylation is 1. The Morgan fingerprint density at radius 3 is 2.43 bits per heavy atom. The van der Waals surface area contributed by atoms with Crippen molar-refractivity contribution < 1.29 is 4.79 Å². The third kappa shape index (κ3) is 3.64. The van der Waals surface area contributed by atoms with E-state index in [1.165, 1.54) is 10.6 Å². The monoisotopic (exact) mass is 332 g/mol. The molecule has 0 aliphatic heterocycles. The standard InChI is InChI=1S/C18H21ClN2O2/c1-12(2)17(14-7-5-6-8-15(14)19)21(4)18(23)13-9-10-20(3)16(22)11-13/h5-12,17H,1-4H3. The molecule has 0 bridgehead atoms. The van der Waals surface area contributed by atoms with Gasteiger partial charge in [-0.15, -0.1) is 0 Å². The van der Waals surface area contributed by atoms with E-state index >= 15 is 0 Å². The molecule has 0 radical (unpaired) electrons. The van der Waals surface area contributed by atoms with Gasteiger partial charge >= 0.3 is 0 Å². The first-order valence-corrected chi connectivity index (χ1v) is 7.89. The number of pyridine rings is 1. The van der Waals surface area contributed by atoms with Crippen LogP contribution in [0.2, 0.25) is 5.02 Å². The van der Waals surface area contributed by atoms with Gasteiger partial charge in [0.2, 0.25) is 0 Å². The molecule has 0 spiro atoms. The van der Waals surface area contributed by atoms with Crippen molar-refractivity contribution in [2.75, 3.05) is 7.05 Å². The highest BCUT2D eigenvalue weighted by Gasteiger charge is 2.27. The number of benzene rings is 1. The van der Waals surface area contributed by atoms with E-state index < -0.39 is 0 Å². The first-order valence-electron chi connectivity index (χ1n) is 7.51. The van der Waals surface area contributed by atoms with Gasteiger partial charge in [-0.2, -0.15) is 0 Å². The lowest BCUT2D eigenvalue weighted by Gasteiger charge is -2.32. The first kappa shape index (κ1) is 17.3. The number of hydrogen-bond acceptors (Lipinski definition) is 2. The fraction of sp³-hybridized carbons (Fsp3) is 0.333. The molecule has 0 fully saturated rings. The molecule has 0 N–H and O–H groups in total. The van der Waals surface area contributed by atoms with Crippen LogP contribution in [-0.2, 0) is 7.05 Å². The first-order chi connectivity index (χ1) is 10.8. The molecule has 122 valence electrons. The predicted molar refractivity (Wildman–Crippen MR) is 92.8 cm³/mol. The maximum absolute atomic E-state index is 12.8. The third-order valence-electron chi connectivity index (χ3n) is 3.94. The third-order valence-corrected chi connectivity index (χ3v) is 4.29. The van der Waals surface area contributed by atoms with Gasteiger partial charge in [-0.25, -0.2) is 0 Å². The number of halogens is 1. The van der Waals surface area contributed by atoms with Crippen molar-refractivity contribution in [1.82, 2.24) is 9.47 Å². The van der Waals surface area contributed by atoms with Crippen LogP contribution in [0.1, 0.15) is 35.8 Å². The fourth-order valence-corrected chi connectivity index (χ4v) is 2.99. The summed E-state index contributed by atoms with van der Waals surface area (Å²) >= 11 is 6.31. The highest BCUT2D eigenvalue weighted by atomic mass is 35.5. The molecule has 0 saturated carbocycles. The lowest BCUT2D eigenvalue weighted by atomic mass is 9.94. The van der Waals surface area contributed by atoms with Gasteiger partial charge in [0.1, 0.15) is 0 Å². The van der Waals surface area contributed by atoms with Crippen LogP contribution in [0.3, 0.4) is 0 Å². The average Bonchev–Trinajstić information content (AvgIpc) is 2.51. The molecule has 1 atom stereocenters. The summed E-state index contributed by atoms with van der Waals surface area (Å²) in [6, 6.07) is 10.4. The van der Waals surface area contributed by atoms with E-state index in [1.807, 2.05) is 38.1 Å². The van der Waals surface area contributed by atoms with E-state index in [9.17, 15) is 9.59 Å². The zero-order chi connectivity index (χ0) is 17.1. The maximum Gasteiger partial charge on any atom is 0.254 e. The van der Waals surface area contributed by atoms with Gasteiger partial charge in [-0.05, 0) is 23.6 Å². The van der Waals surface area contributed by atoms with Crippen molar-refractivity contribution in [3.63, 3.8) is 0 Å². The van der Waals surface area contributed by atoms with Crippen molar-refractivity contribution in [2.45, 2.75) is 19.9 Å². The Labute approximate surface area is 141 Å². The lowest BCUT2D eigenvalue weighted by molar-refractivity contribution is 0.0687. The Hall–Kier alpha value is -2.07. The smallest absolute Gasteiger partial charge is 0.254 e. The van der Waals surface area contributed by atoms with E-state index in [0.29, 0.717) is 10.6 Å². The number of carbonyl (C=O) groups is 1. The average molecular weight is 333 g/mol. The molecule has 1 aromatic carbocycles. The summed E-state index contributed by atoms with van der Waals surface area (Å²) in [6.45, 7) is 4.09. The van der Waals surface area contributed by atoms with E-state index in [1.54, 1.807) is 31.3 Å². The predicted octanol–water partition coefficient (Wildman–Crippen LogP) is 3.51. The largest absolute Gasteiger partial charge is 0.334 e. The van der Waals surface area contributed by atoms with Gasteiger partial charge in [-0.3, -0.25) is 9.59 Å². The summed E-state index contributed by atoms with van der Waals surface area (Å²) < 4.78 is 1.44. The van der Waals surface area contributed by atoms with Crippen molar-refractivity contribution in [3.8, 4) is 0 Å². The van der Waals surface area contributed by atoms with Crippen LogP contribution in [0, 0.1) is 5.92 Å². The minimum absolute atomic E-state index is 0.166. The second kappa shape index (κ2) is 7.01. The molecule has 0 saturated heterocycles. The van der Waals surface area contributed by atoms with Crippen molar-refractivity contribution in [3.05, 3.63) is 69.1 Å². The second-order valence-electron chi connectivity index (χ2n) is 5.99. The summed E-state index contributed by atoms with van der Waals surface area (Å²) in [4.78, 5) is 26.2. The van der Waals surface area contributed by atoms with Crippen molar-refractivity contribution >= 4 is 17.5 Å². The van der Waals surface area contributed by atoms with E-state index in [4.69, 9.17) is 11.6 Å². The van der Waals surface area contributed by atoms with Crippen molar-refractivity contribution in [2.24, 2.45) is 13.0 Å². The van der Waals surface area contributed by atoms with Crippen LogP contribution in [0.15, 0.2) is 47.4 Å². The van der Waals surface area contributed by atoms with Crippen LogP contribution in [-0.4, -0.2) is 22.4 Å². The molecule has 1 heterocycles. The van der Waals surface area contributed by atoms with Crippen LogP contribution in [0.4, 0.5) is 0 Å². The number of nitrogens with zero attached hydrogens (tertiary/aromatic N) is 2. The van der Waals surface area contributed by atoms with E-state index in [2.05, 4.69) is 0 Å². The molecular formula is C18H21ClN2O2.